The third-order valence-corrected chi connectivity index (χ3v) is 9.27. The summed E-state index contributed by atoms with van der Waals surface area (Å²) in [6.07, 6.45) is 0. The molecule has 0 N–H and O–H groups in total. The molecule has 0 aliphatic rings. The molecule has 44 heavy (non-hydrogen) atoms. The monoisotopic (exact) mass is 581 g/mol. The number of rotatable bonds is 4. The van der Waals surface area contributed by atoms with Gasteiger partial charge in [0.05, 0.1) is 0 Å². The quantitative estimate of drug-likeness (QED) is 0.207. The van der Waals surface area contributed by atoms with Gasteiger partial charge >= 0.3 is 0 Å². The summed E-state index contributed by atoms with van der Waals surface area (Å²) in [5.41, 5.74) is 6.82. The largest absolute Gasteiger partial charge is 0.456 e. The second-order valence-corrected chi connectivity index (χ2v) is 12.0. The van der Waals surface area contributed by atoms with Crippen molar-refractivity contribution in [1.82, 2.24) is 15.0 Å². The molecule has 0 amide bonds. The zero-order chi connectivity index (χ0) is 29.0. The summed E-state index contributed by atoms with van der Waals surface area (Å²) in [5.74, 6) is 1.92. The molecular weight excluding hydrogens is 559 g/mol. The van der Waals surface area contributed by atoms with E-state index in [-0.39, 0.29) is 0 Å². The van der Waals surface area contributed by atoms with Gasteiger partial charge in [-0.2, -0.15) is 0 Å². The molecule has 4 nitrogen and oxygen atoms in total. The second-order valence-electron chi connectivity index (χ2n) is 10.9. The van der Waals surface area contributed by atoms with Crippen LogP contribution in [0.1, 0.15) is 0 Å². The van der Waals surface area contributed by atoms with E-state index >= 15 is 0 Å². The minimum Gasteiger partial charge on any atom is -0.456 e. The lowest BCUT2D eigenvalue weighted by molar-refractivity contribution is 0.669. The molecule has 0 saturated heterocycles. The number of fused-ring (bicyclic) bond motifs is 6. The molecule has 0 atom stereocenters. The predicted molar refractivity (Wildman–Crippen MR) is 182 cm³/mol. The number of aromatic nitrogens is 3. The van der Waals surface area contributed by atoms with Crippen LogP contribution in [0, 0.1) is 0 Å². The molecule has 9 rings (SSSR count). The average Bonchev–Trinajstić information content (AvgIpc) is 3.66. The highest BCUT2D eigenvalue weighted by Gasteiger charge is 2.15. The first kappa shape index (κ1) is 24.9. The van der Waals surface area contributed by atoms with E-state index in [1.807, 2.05) is 84.1 Å². The number of nitrogens with zero attached hydrogens (tertiary/aromatic N) is 3. The summed E-state index contributed by atoms with van der Waals surface area (Å²) in [6, 6.07) is 48.1. The highest BCUT2D eigenvalue weighted by Crippen LogP contribution is 2.38. The Balaban J connectivity index is 1.15. The fourth-order valence-corrected chi connectivity index (χ4v) is 7.08. The second kappa shape index (κ2) is 9.97. The number of benzene rings is 6. The topological polar surface area (TPSA) is 51.8 Å². The average molecular weight is 582 g/mol. The van der Waals surface area contributed by atoms with Crippen LogP contribution in [-0.4, -0.2) is 15.0 Å². The zero-order valence-electron chi connectivity index (χ0n) is 23.4. The Morgan fingerprint density at radius 3 is 1.66 bits per heavy atom. The molecule has 0 radical (unpaired) electrons. The molecule has 0 aliphatic carbocycles. The molecule has 0 fully saturated rings. The lowest BCUT2D eigenvalue weighted by atomic mass is 10.0. The molecule has 3 heterocycles. The predicted octanol–water partition coefficient (Wildman–Crippen LogP) is 10.8. The summed E-state index contributed by atoms with van der Waals surface area (Å²) in [6.45, 7) is 0. The van der Waals surface area contributed by atoms with Crippen LogP contribution < -0.4 is 0 Å². The third kappa shape index (κ3) is 4.17. The van der Waals surface area contributed by atoms with Crippen molar-refractivity contribution in [3.63, 3.8) is 0 Å². The normalized spacial score (nSPS) is 11.6. The van der Waals surface area contributed by atoms with Crippen LogP contribution in [-0.2, 0) is 0 Å². The van der Waals surface area contributed by atoms with Gasteiger partial charge < -0.3 is 4.42 Å². The number of hydrogen-bond donors (Lipinski definition) is 0. The Morgan fingerprint density at radius 1 is 0.364 bits per heavy atom. The maximum atomic E-state index is 6.38. The van der Waals surface area contributed by atoms with Crippen LogP contribution in [0.25, 0.3) is 87.4 Å². The van der Waals surface area contributed by atoms with E-state index in [1.165, 1.54) is 25.7 Å². The molecule has 6 aromatic carbocycles. The van der Waals surface area contributed by atoms with Gasteiger partial charge in [-0.05, 0) is 53.6 Å². The summed E-state index contributed by atoms with van der Waals surface area (Å²) < 4.78 is 8.98. The Labute approximate surface area is 256 Å². The van der Waals surface area contributed by atoms with Gasteiger partial charge in [0.25, 0.3) is 0 Å². The van der Waals surface area contributed by atoms with Crippen LogP contribution in [0.4, 0.5) is 0 Å². The molecule has 9 aromatic rings. The van der Waals surface area contributed by atoms with E-state index in [0.717, 1.165) is 44.2 Å². The van der Waals surface area contributed by atoms with Crippen LogP contribution in [0.15, 0.2) is 144 Å². The van der Waals surface area contributed by atoms with E-state index in [9.17, 15) is 0 Å². The SMILES string of the molecule is c1ccc(-c2nc(-c3ccccc3)nc(-c3ccc4oc5cc(-c6ccc7c(c6)sc6ccccc67)ccc5c4c3)n2)cc1. The van der Waals surface area contributed by atoms with Crippen LogP contribution in [0.2, 0.25) is 0 Å². The van der Waals surface area contributed by atoms with Gasteiger partial charge in [-0.25, -0.2) is 15.0 Å². The third-order valence-electron chi connectivity index (χ3n) is 8.14. The van der Waals surface area contributed by atoms with Crippen molar-refractivity contribution in [2.24, 2.45) is 0 Å². The van der Waals surface area contributed by atoms with Gasteiger partial charge in [-0.15, -0.1) is 11.3 Å². The van der Waals surface area contributed by atoms with Gasteiger partial charge in [-0.3, -0.25) is 0 Å². The first-order valence-corrected chi connectivity index (χ1v) is 15.3. The lowest BCUT2D eigenvalue weighted by Crippen LogP contribution is -2.00. The summed E-state index contributed by atoms with van der Waals surface area (Å²) in [7, 11) is 0. The minimum atomic E-state index is 0.627. The Hall–Kier alpha value is -5.65. The first-order chi connectivity index (χ1) is 21.8. The van der Waals surface area contributed by atoms with Gasteiger partial charge in [0.1, 0.15) is 11.2 Å². The molecule has 3 aromatic heterocycles. The summed E-state index contributed by atoms with van der Waals surface area (Å²) in [4.78, 5) is 14.7. The van der Waals surface area contributed by atoms with Crippen molar-refractivity contribution in [3.05, 3.63) is 140 Å². The fourth-order valence-electron chi connectivity index (χ4n) is 5.94. The van der Waals surface area contributed by atoms with E-state index < -0.39 is 0 Å². The standard InChI is InChI=1S/C39H23N3OS/c1-3-9-24(10-4-1)37-40-38(25-11-5-2-6-12-25)42-39(41-37)28-17-20-33-32(21-28)29-18-15-26(22-34(29)43-33)27-16-19-31-30-13-7-8-14-35(30)44-36(31)23-27/h1-23H. The van der Waals surface area contributed by atoms with Crippen molar-refractivity contribution < 1.29 is 4.42 Å². The van der Waals surface area contributed by atoms with Crippen LogP contribution in [0.5, 0.6) is 0 Å². The Kier molecular flexibility index (Phi) is 5.64. The van der Waals surface area contributed by atoms with Crippen molar-refractivity contribution in [3.8, 4) is 45.3 Å². The van der Waals surface area contributed by atoms with Gasteiger partial charge in [0.2, 0.25) is 0 Å². The first-order valence-electron chi connectivity index (χ1n) is 14.5. The maximum absolute atomic E-state index is 6.38. The van der Waals surface area contributed by atoms with Crippen molar-refractivity contribution in [2.45, 2.75) is 0 Å². The molecule has 0 unspecified atom stereocenters. The minimum absolute atomic E-state index is 0.627. The smallest absolute Gasteiger partial charge is 0.164 e. The molecule has 0 bridgehead atoms. The molecule has 5 heteroatoms. The number of thiophene rings is 1. The fraction of sp³-hybridized carbons (Fsp3) is 0. The van der Waals surface area contributed by atoms with E-state index in [1.54, 1.807) is 0 Å². The van der Waals surface area contributed by atoms with Gasteiger partial charge in [0.15, 0.2) is 17.5 Å². The lowest BCUT2D eigenvalue weighted by Gasteiger charge is -2.08. The maximum Gasteiger partial charge on any atom is 0.164 e. The zero-order valence-corrected chi connectivity index (χ0v) is 24.3. The number of hydrogen-bond acceptors (Lipinski definition) is 5. The van der Waals surface area contributed by atoms with Crippen molar-refractivity contribution in [2.75, 3.05) is 0 Å². The van der Waals surface area contributed by atoms with Crippen LogP contribution in [0.3, 0.4) is 0 Å². The Morgan fingerprint density at radius 2 is 0.932 bits per heavy atom. The molecule has 0 saturated carbocycles. The van der Waals surface area contributed by atoms with E-state index in [4.69, 9.17) is 19.4 Å². The van der Waals surface area contributed by atoms with Gasteiger partial charge in [-0.1, -0.05) is 97.1 Å². The molecule has 0 aliphatic heterocycles. The Bertz CT molecular complexity index is 2440. The molecule has 0 spiro atoms. The highest BCUT2D eigenvalue weighted by molar-refractivity contribution is 7.25. The van der Waals surface area contributed by atoms with Crippen LogP contribution >= 0.6 is 11.3 Å². The van der Waals surface area contributed by atoms with Crippen molar-refractivity contribution >= 4 is 53.4 Å². The highest BCUT2D eigenvalue weighted by atomic mass is 32.1. The van der Waals surface area contributed by atoms with E-state index in [0.29, 0.717) is 17.5 Å². The van der Waals surface area contributed by atoms with E-state index in [2.05, 4.69) is 66.7 Å². The molecule has 206 valence electrons. The van der Waals surface area contributed by atoms with Crippen molar-refractivity contribution in [1.29, 1.82) is 0 Å². The number of furan rings is 1. The molecular formula is C39H23N3OS. The van der Waals surface area contributed by atoms with Gasteiger partial charge in [0, 0.05) is 47.6 Å². The summed E-state index contributed by atoms with van der Waals surface area (Å²) in [5, 5.41) is 4.71. The summed E-state index contributed by atoms with van der Waals surface area (Å²) >= 11 is 1.84.